The van der Waals surface area contributed by atoms with Gasteiger partial charge in [-0.05, 0) is 31.5 Å². The van der Waals surface area contributed by atoms with Crippen LogP contribution in [0.3, 0.4) is 0 Å². The molecule has 1 aromatic carbocycles. The lowest BCUT2D eigenvalue weighted by Gasteiger charge is -2.33. The number of esters is 2. The number of halogens is 1. The Morgan fingerprint density at radius 3 is 2.43 bits per heavy atom. The molecule has 1 fully saturated rings. The second-order valence-corrected chi connectivity index (χ2v) is 7.91. The highest BCUT2D eigenvalue weighted by Gasteiger charge is 2.48. The summed E-state index contributed by atoms with van der Waals surface area (Å²) in [6.45, 7) is 3.54. The lowest BCUT2D eigenvalue weighted by Crippen LogP contribution is -2.40. The summed E-state index contributed by atoms with van der Waals surface area (Å²) in [6, 6.07) is 6.70. The molecule has 2 aliphatic heterocycles. The number of methoxy groups -OCH3 is 1. The molecule has 2 heterocycles. The average molecular weight is 423 g/mol. The maximum Gasteiger partial charge on any atom is 0.338 e. The fourth-order valence-electron chi connectivity index (χ4n) is 3.24. The summed E-state index contributed by atoms with van der Waals surface area (Å²) in [4.78, 5) is 39.4. The molecule has 28 heavy (non-hydrogen) atoms. The predicted molar refractivity (Wildman–Crippen MR) is 105 cm³/mol. The Balaban J connectivity index is 2.30. The third kappa shape index (κ3) is 3.27. The Labute approximate surface area is 171 Å². The topological polar surface area (TPSA) is 98.9 Å². The number of carbonyl (C=O) groups excluding carboxylic acids is 3. The summed E-state index contributed by atoms with van der Waals surface area (Å²) in [6.07, 6.45) is 0. The lowest BCUT2D eigenvalue weighted by molar-refractivity contribution is -0.139. The highest BCUT2D eigenvalue weighted by atomic mass is 35.5. The molecule has 1 saturated heterocycles. The molecular formula is C19H19ClN2O5S. The van der Waals surface area contributed by atoms with Crippen LogP contribution < -0.4 is 5.73 Å². The maximum atomic E-state index is 12.9. The molecule has 9 heteroatoms. The highest BCUT2D eigenvalue weighted by Crippen LogP contribution is 2.49. The molecule has 2 N–H and O–H groups in total. The second-order valence-electron chi connectivity index (χ2n) is 6.15. The number of benzene rings is 1. The number of nitrogens with two attached hydrogens (primary N) is 1. The summed E-state index contributed by atoms with van der Waals surface area (Å²) in [5.41, 5.74) is 7.05. The van der Waals surface area contributed by atoms with E-state index in [-0.39, 0.29) is 29.5 Å². The largest absolute Gasteiger partial charge is 0.466 e. The highest BCUT2D eigenvalue weighted by molar-refractivity contribution is 8.04. The molecule has 0 saturated carbocycles. The molecule has 0 radical (unpaired) electrons. The minimum absolute atomic E-state index is 0.0136. The van der Waals surface area contributed by atoms with Gasteiger partial charge in [-0.15, -0.1) is 0 Å². The number of carbonyl (C=O) groups is 3. The first-order valence-corrected chi connectivity index (χ1v) is 9.82. The number of rotatable bonds is 4. The van der Waals surface area contributed by atoms with Gasteiger partial charge >= 0.3 is 11.9 Å². The molecule has 2 aliphatic rings. The van der Waals surface area contributed by atoms with E-state index in [4.69, 9.17) is 26.8 Å². The van der Waals surface area contributed by atoms with Gasteiger partial charge in [0, 0.05) is 5.02 Å². The summed E-state index contributed by atoms with van der Waals surface area (Å²) < 4.78 is 10.2. The molecule has 0 bridgehead atoms. The lowest BCUT2D eigenvalue weighted by atomic mass is 9.82. The molecule has 2 atom stereocenters. The van der Waals surface area contributed by atoms with Crippen molar-refractivity contribution in [2.24, 2.45) is 5.73 Å². The number of amides is 1. The van der Waals surface area contributed by atoms with Crippen LogP contribution in [0.15, 0.2) is 46.3 Å². The first kappa shape index (κ1) is 20.3. The molecule has 148 valence electrons. The normalized spacial score (nSPS) is 21.7. The zero-order valence-corrected chi connectivity index (χ0v) is 17.1. The van der Waals surface area contributed by atoms with E-state index in [1.807, 2.05) is 0 Å². The average Bonchev–Trinajstić information content (AvgIpc) is 2.96. The Morgan fingerprint density at radius 1 is 1.21 bits per heavy atom. The van der Waals surface area contributed by atoms with Crippen LogP contribution in [0, 0.1) is 0 Å². The van der Waals surface area contributed by atoms with Gasteiger partial charge in [0.1, 0.15) is 5.82 Å². The van der Waals surface area contributed by atoms with Gasteiger partial charge < -0.3 is 15.2 Å². The fraction of sp³-hybridized carbons (Fsp3) is 0.316. The standard InChI is InChI=1S/C19H19ClN2O5S/c1-4-27-19(25)14-12(10-5-7-11(20)8-6-10)13(18(24)26-3)15(21)22-16(23)9(2)28-17(14)22/h5-9,12H,4,21H2,1-3H3/t9-,12+/m0/s1. The van der Waals surface area contributed by atoms with Crippen molar-refractivity contribution in [2.75, 3.05) is 13.7 Å². The van der Waals surface area contributed by atoms with Crippen LogP contribution in [0.1, 0.15) is 25.3 Å². The van der Waals surface area contributed by atoms with Gasteiger partial charge in [-0.1, -0.05) is 35.5 Å². The number of thioether (sulfide) groups is 1. The summed E-state index contributed by atoms with van der Waals surface area (Å²) >= 11 is 7.20. The van der Waals surface area contributed by atoms with E-state index in [1.165, 1.54) is 23.8 Å². The van der Waals surface area contributed by atoms with Crippen LogP contribution in [0.25, 0.3) is 0 Å². The molecule has 0 unspecified atom stereocenters. The van der Waals surface area contributed by atoms with Crippen molar-refractivity contribution in [3.05, 3.63) is 56.8 Å². The van der Waals surface area contributed by atoms with Crippen molar-refractivity contribution in [3.63, 3.8) is 0 Å². The van der Waals surface area contributed by atoms with Crippen molar-refractivity contribution >= 4 is 41.2 Å². The van der Waals surface area contributed by atoms with Gasteiger partial charge in [0.15, 0.2) is 0 Å². The van der Waals surface area contributed by atoms with Gasteiger partial charge in [-0.3, -0.25) is 9.69 Å². The first-order valence-electron chi connectivity index (χ1n) is 8.57. The van der Waals surface area contributed by atoms with Crippen molar-refractivity contribution in [3.8, 4) is 0 Å². The molecule has 1 amide bonds. The van der Waals surface area contributed by atoms with E-state index in [0.29, 0.717) is 15.6 Å². The third-order valence-electron chi connectivity index (χ3n) is 4.49. The SMILES string of the molecule is CCOC(=O)C1=C2S[C@@H](C)C(=O)N2C(N)=C(C(=O)OC)[C@H]1c1ccc(Cl)cc1. The number of nitrogens with zero attached hydrogens (tertiary/aromatic N) is 1. The smallest absolute Gasteiger partial charge is 0.338 e. The van der Waals surface area contributed by atoms with Crippen LogP contribution in [0.5, 0.6) is 0 Å². The quantitative estimate of drug-likeness (QED) is 0.744. The molecule has 0 aliphatic carbocycles. The Bertz CT molecular complexity index is 909. The monoisotopic (exact) mass is 422 g/mol. The van der Waals surface area contributed by atoms with Gasteiger partial charge in [-0.25, -0.2) is 9.59 Å². The van der Waals surface area contributed by atoms with Crippen LogP contribution in [0.2, 0.25) is 5.02 Å². The number of hydrogen-bond donors (Lipinski definition) is 1. The van der Waals surface area contributed by atoms with Gasteiger partial charge in [0.2, 0.25) is 5.91 Å². The number of ether oxygens (including phenoxy) is 2. The van der Waals surface area contributed by atoms with Gasteiger partial charge in [0.25, 0.3) is 0 Å². The summed E-state index contributed by atoms with van der Waals surface area (Å²) in [7, 11) is 1.22. The number of fused-ring (bicyclic) bond motifs is 1. The van der Waals surface area contributed by atoms with Crippen molar-refractivity contribution in [1.82, 2.24) is 4.90 Å². The van der Waals surface area contributed by atoms with E-state index in [1.54, 1.807) is 38.1 Å². The fourth-order valence-corrected chi connectivity index (χ4v) is 4.52. The Morgan fingerprint density at radius 2 is 1.86 bits per heavy atom. The minimum Gasteiger partial charge on any atom is -0.466 e. The van der Waals surface area contributed by atoms with Crippen LogP contribution in [0.4, 0.5) is 0 Å². The minimum atomic E-state index is -0.847. The first-order chi connectivity index (χ1) is 13.3. The van der Waals surface area contributed by atoms with E-state index in [0.717, 1.165) is 0 Å². The van der Waals surface area contributed by atoms with E-state index in [2.05, 4.69) is 0 Å². The van der Waals surface area contributed by atoms with Crippen LogP contribution in [-0.4, -0.2) is 41.7 Å². The van der Waals surface area contributed by atoms with E-state index < -0.39 is 23.1 Å². The molecular weight excluding hydrogens is 404 g/mol. The zero-order valence-electron chi connectivity index (χ0n) is 15.5. The van der Waals surface area contributed by atoms with Crippen LogP contribution in [-0.2, 0) is 23.9 Å². The van der Waals surface area contributed by atoms with E-state index >= 15 is 0 Å². The molecule has 0 aromatic heterocycles. The molecule has 3 rings (SSSR count). The summed E-state index contributed by atoms with van der Waals surface area (Å²) in [5.74, 6) is -2.55. The van der Waals surface area contributed by atoms with E-state index in [9.17, 15) is 14.4 Å². The molecule has 7 nitrogen and oxygen atoms in total. The van der Waals surface area contributed by atoms with Crippen molar-refractivity contribution < 1.29 is 23.9 Å². The van der Waals surface area contributed by atoms with Gasteiger partial charge in [-0.2, -0.15) is 0 Å². The Kier molecular flexibility index (Phi) is 5.71. The van der Waals surface area contributed by atoms with Crippen molar-refractivity contribution in [1.29, 1.82) is 0 Å². The molecule has 0 spiro atoms. The second kappa shape index (κ2) is 7.89. The zero-order chi connectivity index (χ0) is 20.6. The maximum absolute atomic E-state index is 12.9. The van der Waals surface area contributed by atoms with Crippen molar-refractivity contribution in [2.45, 2.75) is 25.0 Å². The number of hydrogen-bond acceptors (Lipinski definition) is 7. The summed E-state index contributed by atoms with van der Waals surface area (Å²) in [5, 5.41) is 0.420. The third-order valence-corrected chi connectivity index (χ3v) is 5.92. The van der Waals surface area contributed by atoms with Gasteiger partial charge in [0.05, 0.1) is 41.1 Å². The van der Waals surface area contributed by atoms with Crippen LogP contribution >= 0.6 is 23.4 Å². The molecule has 1 aromatic rings. The Hall–Kier alpha value is -2.45. The predicted octanol–water partition coefficient (Wildman–Crippen LogP) is 2.52.